The standard InChI is InChI=1S/C23H16Br2NO2/c24-19-8-10-22-18(12-19)13-23(28-22)21(27)9-7-16-4-3-11-26(14-16)15-17-5-1-2-6-20(17)25/h1-14H,15H2/q+1/b9-7+. The van der Waals surface area contributed by atoms with Gasteiger partial charge in [0.25, 0.3) is 0 Å². The van der Waals surface area contributed by atoms with Gasteiger partial charge in [0.2, 0.25) is 5.78 Å². The molecule has 4 aromatic rings. The van der Waals surface area contributed by atoms with Crippen LogP contribution < -0.4 is 4.57 Å². The summed E-state index contributed by atoms with van der Waals surface area (Å²) in [5.41, 5.74) is 2.84. The van der Waals surface area contributed by atoms with E-state index in [2.05, 4.69) is 42.5 Å². The summed E-state index contributed by atoms with van der Waals surface area (Å²) in [5, 5.41) is 0.900. The number of carbonyl (C=O) groups excluding carboxylic acids is 1. The van der Waals surface area contributed by atoms with Crippen LogP contribution in [-0.4, -0.2) is 5.78 Å². The lowest BCUT2D eigenvalue weighted by molar-refractivity contribution is -0.688. The minimum atomic E-state index is -0.159. The van der Waals surface area contributed by atoms with Crippen molar-refractivity contribution in [1.29, 1.82) is 0 Å². The van der Waals surface area contributed by atoms with Gasteiger partial charge in [-0.15, -0.1) is 0 Å². The molecular weight excluding hydrogens is 482 g/mol. The molecule has 5 heteroatoms. The Balaban J connectivity index is 1.52. The van der Waals surface area contributed by atoms with Crippen LogP contribution in [0.15, 0.2) is 92.5 Å². The van der Waals surface area contributed by atoms with Gasteiger partial charge in [-0.3, -0.25) is 4.79 Å². The Kier molecular flexibility index (Phi) is 5.55. The summed E-state index contributed by atoms with van der Waals surface area (Å²) in [5.74, 6) is 0.176. The number of carbonyl (C=O) groups is 1. The molecular formula is C23H16Br2NO2+. The molecule has 0 N–H and O–H groups in total. The molecule has 4 rings (SSSR count). The van der Waals surface area contributed by atoms with Crippen LogP contribution in [0.2, 0.25) is 0 Å². The zero-order valence-corrected chi connectivity index (χ0v) is 18.0. The number of halogens is 2. The Morgan fingerprint density at radius 1 is 1.04 bits per heavy atom. The largest absolute Gasteiger partial charge is 0.453 e. The Labute approximate surface area is 179 Å². The maximum atomic E-state index is 12.5. The van der Waals surface area contributed by atoms with Gasteiger partial charge in [-0.1, -0.05) is 50.1 Å². The number of ketones is 1. The lowest BCUT2D eigenvalue weighted by Crippen LogP contribution is -2.33. The predicted octanol–water partition coefficient (Wildman–Crippen LogP) is 6.19. The average Bonchev–Trinajstić information content (AvgIpc) is 3.11. The highest BCUT2D eigenvalue weighted by Crippen LogP contribution is 2.24. The molecule has 2 heterocycles. The lowest BCUT2D eigenvalue weighted by Gasteiger charge is -2.01. The molecule has 0 bridgehead atoms. The van der Waals surface area contributed by atoms with Crippen LogP contribution in [0.5, 0.6) is 0 Å². The number of benzene rings is 2. The first-order valence-electron chi connectivity index (χ1n) is 8.72. The van der Waals surface area contributed by atoms with Gasteiger partial charge >= 0.3 is 0 Å². The fourth-order valence-corrected chi connectivity index (χ4v) is 3.74. The van der Waals surface area contributed by atoms with E-state index >= 15 is 0 Å². The van der Waals surface area contributed by atoms with Gasteiger partial charge in [0.15, 0.2) is 24.7 Å². The third kappa shape index (κ3) is 4.32. The van der Waals surface area contributed by atoms with Crippen LogP contribution in [0.1, 0.15) is 21.7 Å². The van der Waals surface area contributed by atoms with Crippen LogP contribution in [0.25, 0.3) is 17.0 Å². The molecule has 0 fully saturated rings. The van der Waals surface area contributed by atoms with Crippen molar-refractivity contribution < 1.29 is 13.8 Å². The van der Waals surface area contributed by atoms with Gasteiger partial charge in [-0.2, -0.15) is 0 Å². The summed E-state index contributed by atoms with van der Waals surface area (Å²) < 4.78 is 9.78. The van der Waals surface area contributed by atoms with Crippen molar-refractivity contribution in [3.63, 3.8) is 0 Å². The molecule has 0 amide bonds. The fourth-order valence-electron chi connectivity index (χ4n) is 2.95. The Bertz CT molecular complexity index is 1190. The van der Waals surface area contributed by atoms with Crippen LogP contribution in [-0.2, 0) is 6.54 Å². The van der Waals surface area contributed by atoms with Crippen molar-refractivity contribution in [3.05, 3.63) is 105 Å². The number of rotatable bonds is 5. The van der Waals surface area contributed by atoms with E-state index in [1.807, 2.05) is 67.0 Å². The third-order valence-corrected chi connectivity index (χ3v) is 5.61. The Hall–Kier alpha value is -2.50. The van der Waals surface area contributed by atoms with Crippen molar-refractivity contribution in [3.8, 4) is 0 Å². The normalized spacial score (nSPS) is 11.4. The van der Waals surface area contributed by atoms with Crippen molar-refractivity contribution in [2.45, 2.75) is 6.54 Å². The predicted molar refractivity (Wildman–Crippen MR) is 117 cm³/mol. The number of nitrogens with zero attached hydrogens (tertiary/aromatic N) is 1. The van der Waals surface area contributed by atoms with Crippen molar-refractivity contribution in [2.24, 2.45) is 0 Å². The molecule has 0 aliphatic carbocycles. The smallest absolute Gasteiger partial charge is 0.221 e. The molecule has 0 aliphatic rings. The average molecular weight is 498 g/mol. The van der Waals surface area contributed by atoms with E-state index in [0.717, 1.165) is 26.4 Å². The van der Waals surface area contributed by atoms with Gasteiger partial charge in [-0.25, -0.2) is 4.57 Å². The van der Waals surface area contributed by atoms with Gasteiger partial charge < -0.3 is 4.42 Å². The van der Waals surface area contributed by atoms with Crippen LogP contribution in [0.3, 0.4) is 0 Å². The van der Waals surface area contributed by atoms with Crippen LogP contribution >= 0.6 is 31.9 Å². The number of aromatic nitrogens is 1. The highest BCUT2D eigenvalue weighted by Gasteiger charge is 2.11. The molecule has 0 atom stereocenters. The fraction of sp³-hybridized carbons (Fsp3) is 0.0435. The van der Waals surface area contributed by atoms with E-state index in [1.165, 1.54) is 5.56 Å². The SMILES string of the molecule is O=C(/C=C/c1ccc[n+](Cc2ccccc2Br)c1)c1cc2cc(Br)ccc2o1. The van der Waals surface area contributed by atoms with E-state index in [9.17, 15) is 4.79 Å². The van der Waals surface area contributed by atoms with E-state index in [-0.39, 0.29) is 5.78 Å². The summed E-state index contributed by atoms with van der Waals surface area (Å²) in [6.45, 7) is 0.746. The number of fused-ring (bicyclic) bond motifs is 1. The zero-order valence-electron chi connectivity index (χ0n) is 14.8. The van der Waals surface area contributed by atoms with Gasteiger partial charge in [0, 0.05) is 31.5 Å². The molecule has 0 saturated carbocycles. The summed E-state index contributed by atoms with van der Waals surface area (Å²) in [4.78, 5) is 12.5. The second-order valence-electron chi connectivity index (χ2n) is 6.39. The molecule has 2 aromatic heterocycles. The molecule has 0 saturated heterocycles. The van der Waals surface area contributed by atoms with Crippen LogP contribution in [0, 0.1) is 0 Å². The summed E-state index contributed by atoms with van der Waals surface area (Å²) in [6.07, 6.45) is 7.38. The second kappa shape index (κ2) is 8.25. The quantitative estimate of drug-likeness (QED) is 0.187. The number of hydrogen-bond donors (Lipinski definition) is 0. The molecule has 28 heavy (non-hydrogen) atoms. The van der Waals surface area contributed by atoms with Crippen molar-refractivity contribution >= 4 is 54.7 Å². The summed E-state index contributed by atoms with van der Waals surface area (Å²) in [6, 6.07) is 19.5. The Morgan fingerprint density at radius 3 is 2.75 bits per heavy atom. The summed E-state index contributed by atoms with van der Waals surface area (Å²) in [7, 11) is 0. The first-order valence-corrected chi connectivity index (χ1v) is 10.3. The molecule has 0 spiro atoms. The van der Waals surface area contributed by atoms with Gasteiger partial charge in [0.1, 0.15) is 5.58 Å². The number of pyridine rings is 1. The number of hydrogen-bond acceptors (Lipinski definition) is 2. The minimum absolute atomic E-state index is 0.159. The molecule has 0 unspecified atom stereocenters. The number of furan rings is 1. The topological polar surface area (TPSA) is 34.1 Å². The highest BCUT2D eigenvalue weighted by atomic mass is 79.9. The maximum absolute atomic E-state index is 12.5. The lowest BCUT2D eigenvalue weighted by atomic mass is 10.2. The monoisotopic (exact) mass is 496 g/mol. The van der Waals surface area contributed by atoms with E-state index in [4.69, 9.17) is 4.42 Å². The van der Waals surface area contributed by atoms with E-state index in [0.29, 0.717) is 11.3 Å². The first kappa shape index (κ1) is 18.8. The van der Waals surface area contributed by atoms with Crippen molar-refractivity contribution in [1.82, 2.24) is 0 Å². The molecule has 138 valence electrons. The van der Waals surface area contributed by atoms with Crippen molar-refractivity contribution in [2.75, 3.05) is 0 Å². The summed E-state index contributed by atoms with van der Waals surface area (Å²) >= 11 is 7.01. The number of allylic oxidation sites excluding steroid dienone is 1. The molecule has 3 nitrogen and oxygen atoms in total. The molecule has 0 radical (unpaired) electrons. The molecule has 0 aliphatic heterocycles. The van der Waals surface area contributed by atoms with Gasteiger partial charge in [-0.05, 0) is 48.6 Å². The highest BCUT2D eigenvalue weighted by molar-refractivity contribution is 9.10. The van der Waals surface area contributed by atoms with Crippen LogP contribution in [0.4, 0.5) is 0 Å². The van der Waals surface area contributed by atoms with Gasteiger partial charge in [0.05, 0.1) is 0 Å². The zero-order chi connectivity index (χ0) is 19.5. The molecule has 2 aromatic carbocycles. The first-order chi connectivity index (χ1) is 13.6. The van der Waals surface area contributed by atoms with E-state index < -0.39 is 0 Å². The van der Waals surface area contributed by atoms with E-state index in [1.54, 1.807) is 12.1 Å². The maximum Gasteiger partial charge on any atom is 0.221 e. The minimum Gasteiger partial charge on any atom is -0.453 e. The second-order valence-corrected chi connectivity index (χ2v) is 8.16. The Morgan fingerprint density at radius 2 is 1.89 bits per heavy atom. The third-order valence-electron chi connectivity index (χ3n) is 4.34.